The highest BCUT2D eigenvalue weighted by molar-refractivity contribution is 5.26. The van der Waals surface area contributed by atoms with Crippen LogP contribution in [0.1, 0.15) is 17.9 Å². The average molecular weight is 129 g/mol. The van der Waals surface area contributed by atoms with Gasteiger partial charge in [0.25, 0.3) is 0 Å². The molecule has 0 heterocycles. The van der Waals surface area contributed by atoms with Crippen molar-refractivity contribution in [2.24, 2.45) is 0 Å². The van der Waals surface area contributed by atoms with Crippen LogP contribution in [0.2, 0.25) is 0 Å². The van der Waals surface area contributed by atoms with Crippen LogP contribution in [0.15, 0.2) is 36.4 Å². The Balaban J connectivity index is 2.26. The highest BCUT2D eigenvalue weighted by Gasteiger charge is 2.11. The zero-order chi connectivity index (χ0) is 6.81. The van der Waals surface area contributed by atoms with E-state index in [0.717, 1.165) is 6.42 Å². The molecule has 2 rings (SSSR count). The maximum atomic E-state index is 3.13. The largest absolute Gasteiger partial charge is 0.0732 e. The van der Waals surface area contributed by atoms with E-state index < -0.39 is 0 Å². The van der Waals surface area contributed by atoms with Gasteiger partial charge in [-0.15, -0.1) is 0 Å². The molecule has 0 amide bonds. The fourth-order valence-corrected chi connectivity index (χ4v) is 1.15. The number of hydrogen-bond donors (Lipinski definition) is 0. The molecule has 1 aliphatic rings. The number of rotatable bonds is 1. The van der Waals surface area contributed by atoms with Crippen molar-refractivity contribution >= 4 is 0 Å². The summed E-state index contributed by atoms with van der Waals surface area (Å²) < 4.78 is 0. The Hall–Kier alpha value is -1.04. The van der Waals surface area contributed by atoms with Crippen molar-refractivity contribution in [2.45, 2.75) is 12.3 Å². The van der Waals surface area contributed by atoms with Gasteiger partial charge in [0.1, 0.15) is 0 Å². The van der Waals surface area contributed by atoms with E-state index in [4.69, 9.17) is 0 Å². The van der Waals surface area contributed by atoms with Crippen LogP contribution in [0.25, 0.3) is 0 Å². The number of hydrogen-bond acceptors (Lipinski definition) is 0. The van der Waals surface area contributed by atoms with Gasteiger partial charge in [0, 0.05) is 5.92 Å². The lowest BCUT2D eigenvalue weighted by Gasteiger charge is -2.16. The fraction of sp³-hybridized carbons (Fsp3) is 0.200. The van der Waals surface area contributed by atoms with E-state index in [1.165, 1.54) is 5.56 Å². The zero-order valence-corrected chi connectivity index (χ0v) is 5.75. The van der Waals surface area contributed by atoms with Crippen molar-refractivity contribution in [1.29, 1.82) is 0 Å². The molecule has 0 bridgehead atoms. The zero-order valence-electron chi connectivity index (χ0n) is 5.75. The minimum Gasteiger partial charge on any atom is -0.0732 e. The summed E-state index contributed by atoms with van der Waals surface area (Å²) in [6.07, 6.45) is 6.37. The van der Waals surface area contributed by atoms with Crippen LogP contribution in [-0.4, -0.2) is 0 Å². The van der Waals surface area contributed by atoms with Gasteiger partial charge in [-0.2, -0.15) is 0 Å². The summed E-state index contributed by atoms with van der Waals surface area (Å²) in [5, 5.41) is 0. The lowest BCUT2D eigenvalue weighted by atomic mass is 9.88. The van der Waals surface area contributed by atoms with Crippen molar-refractivity contribution < 1.29 is 0 Å². The van der Waals surface area contributed by atoms with Crippen LogP contribution < -0.4 is 0 Å². The molecule has 0 saturated heterocycles. The Morgan fingerprint density at radius 2 is 1.90 bits per heavy atom. The van der Waals surface area contributed by atoms with Gasteiger partial charge in [-0.3, -0.25) is 0 Å². The molecule has 0 saturated carbocycles. The van der Waals surface area contributed by atoms with Crippen molar-refractivity contribution in [3.63, 3.8) is 0 Å². The van der Waals surface area contributed by atoms with Gasteiger partial charge < -0.3 is 0 Å². The average Bonchev–Trinajstić information content (AvgIpc) is 1.86. The summed E-state index contributed by atoms with van der Waals surface area (Å²) >= 11 is 0. The van der Waals surface area contributed by atoms with E-state index in [-0.39, 0.29) is 0 Å². The van der Waals surface area contributed by atoms with E-state index in [9.17, 15) is 0 Å². The van der Waals surface area contributed by atoms with Gasteiger partial charge >= 0.3 is 0 Å². The Morgan fingerprint density at radius 1 is 1.20 bits per heavy atom. The summed E-state index contributed by atoms with van der Waals surface area (Å²) in [5.74, 6) is 0.654. The Morgan fingerprint density at radius 3 is 2.40 bits per heavy atom. The van der Waals surface area contributed by atoms with Crippen molar-refractivity contribution in [3.8, 4) is 0 Å². The first-order valence-corrected chi connectivity index (χ1v) is 3.58. The van der Waals surface area contributed by atoms with E-state index >= 15 is 0 Å². The van der Waals surface area contributed by atoms with Crippen LogP contribution >= 0.6 is 0 Å². The minimum atomic E-state index is 0.654. The van der Waals surface area contributed by atoms with Crippen molar-refractivity contribution in [3.05, 3.63) is 48.0 Å². The molecule has 49 valence electrons. The molecule has 0 nitrogen and oxygen atoms in total. The molecule has 1 radical (unpaired) electrons. The highest BCUT2D eigenvalue weighted by atomic mass is 14.1. The normalized spacial score (nSPS) is 22.2. The Kier molecular flexibility index (Phi) is 1.31. The second kappa shape index (κ2) is 2.30. The monoisotopic (exact) mass is 129 g/mol. The summed E-state index contributed by atoms with van der Waals surface area (Å²) in [6.45, 7) is 0. The van der Waals surface area contributed by atoms with Gasteiger partial charge in [0.2, 0.25) is 0 Å². The van der Waals surface area contributed by atoms with Gasteiger partial charge in [-0.25, -0.2) is 0 Å². The van der Waals surface area contributed by atoms with Crippen molar-refractivity contribution in [2.75, 3.05) is 0 Å². The first-order valence-electron chi connectivity index (χ1n) is 3.58. The predicted molar refractivity (Wildman–Crippen MR) is 41.6 cm³/mol. The molecule has 0 fully saturated rings. The summed E-state index contributed by atoms with van der Waals surface area (Å²) in [5.41, 5.74) is 1.42. The first kappa shape index (κ1) is 5.72. The molecular weight excluding hydrogens is 120 g/mol. The molecule has 1 aliphatic carbocycles. The Labute approximate surface area is 61.2 Å². The van der Waals surface area contributed by atoms with E-state index in [1.54, 1.807) is 0 Å². The molecule has 1 unspecified atom stereocenters. The van der Waals surface area contributed by atoms with Crippen LogP contribution in [0.4, 0.5) is 0 Å². The predicted octanol–water partition coefficient (Wildman–Crippen LogP) is 2.53. The minimum absolute atomic E-state index is 0.654. The molecule has 1 atom stereocenters. The summed E-state index contributed by atoms with van der Waals surface area (Å²) in [7, 11) is 0. The molecule has 1 aromatic carbocycles. The Bertz CT molecular complexity index is 233. The fourth-order valence-electron chi connectivity index (χ4n) is 1.15. The lowest BCUT2D eigenvalue weighted by molar-refractivity contribution is 0.770. The molecule has 10 heavy (non-hydrogen) atoms. The SMILES string of the molecule is [C]1=CC(c2ccccc2)C1. The first-order chi connectivity index (χ1) is 4.97. The second-order valence-electron chi connectivity index (χ2n) is 2.59. The van der Waals surface area contributed by atoms with Crippen LogP contribution in [0, 0.1) is 6.08 Å². The van der Waals surface area contributed by atoms with Gasteiger partial charge in [-0.05, 0) is 18.1 Å². The number of benzene rings is 1. The van der Waals surface area contributed by atoms with E-state index in [0.29, 0.717) is 5.92 Å². The quantitative estimate of drug-likeness (QED) is 0.546. The third kappa shape index (κ3) is 0.860. The molecule has 1 aromatic rings. The maximum Gasteiger partial charge on any atom is 0.00642 e. The van der Waals surface area contributed by atoms with Crippen LogP contribution in [0.5, 0.6) is 0 Å². The van der Waals surface area contributed by atoms with Crippen molar-refractivity contribution in [1.82, 2.24) is 0 Å². The standard InChI is InChI=1S/C10H9/c1-2-5-9(6-3-1)10-7-4-8-10/h1-3,5-7,10H,8H2. The smallest absolute Gasteiger partial charge is 0.00642 e. The molecule has 0 aromatic heterocycles. The van der Waals surface area contributed by atoms with Crippen LogP contribution in [-0.2, 0) is 0 Å². The maximum absolute atomic E-state index is 3.13. The van der Waals surface area contributed by atoms with E-state index in [2.05, 4.69) is 42.5 Å². The molecule has 0 heteroatoms. The van der Waals surface area contributed by atoms with Gasteiger partial charge in [-0.1, -0.05) is 36.4 Å². The molecule has 0 N–H and O–H groups in total. The second-order valence-corrected chi connectivity index (χ2v) is 2.59. The molecular formula is C10H9. The highest BCUT2D eigenvalue weighted by Crippen LogP contribution is 2.27. The molecule has 0 spiro atoms. The van der Waals surface area contributed by atoms with Gasteiger partial charge in [0.15, 0.2) is 0 Å². The summed E-state index contributed by atoms with van der Waals surface area (Å²) in [6, 6.07) is 10.6. The van der Waals surface area contributed by atoms with Gasteiger partial charge in [0.05, 0.1) is 0 Å². The summed E-state index contributed by atoms with van der Waals surface area (Å²) in [4.78, 5) is 0. The van der Waals surface area contributed by atoms with Crippen LogP contribution in [0.3, 0.4) is 0 Å². The topological polar surface area (TPSA) is 0 Å². The molecule has 0 aliphatic heterocycles. The third-order valence-corrected chi connectivity index (χ3v) is 1.88. The third-order valence-electron chi connectivity index (χ3n) is 1.88. The number of allylic oxidation sites excluding steroid dienone is 2. The lowest BCUT2D eigenvalue weighted by Crippen LogP contribution is -2.00. The van der Waals surface area contributed by atoms with E-state index in [1.807, 2.05) is 0 Å².